The Labute approximate surface area is 285 Å². The molecule has 0 aromatic carbocycles. The number of carboxylic acids is 1. The Hall–Kier alpha value is -2.10. The Morgan fingerprint density at radius 3 is 1.39 bits per heavy atom. The molecular weight excluding hydrogens is 568 g/mol. The minimum atomic E-state index is -0.681. The van der Waals surface area contributed by atoms with Gasteiger partial charge < -0.3 is 9.84 Å². The summed E-state index contributed by atoms with van der Waals surface area (Å²) in [5.74, 6) is -0.687. The molecule has 46 heavy (non-hydrogen) atoms. The van der Waals surface area contributed by atoms with Crippen molar-refractivity contribution in [3.05, 3.63) is 48.6 Å². The monoisotopic (exact) mass is 643 g/mol. The van der Waals surface area contributed by atoms with Crippen LogP contribution in [0.3, 0.4) is 0 Å². The Morgan fingerprint density at radius 1 is 0.500 bits per heavy atom. The minimum absolute atomic E-state index is 0.00558. The standard InChI is InChI=1S/C42H74O4/c1-3-5-7-9-11-13-14-15-16-17-18-23-27-31-35-39-42(45)46-40(36-32-28-24-20-12-10-8-6-4-2)37-33-29-25-21-19-22-26-30-34-38-41(43)44/h5,7,11,13,15-16,18,23,40H,3-4,6,8-10,12,14,17,19-22,24-39H2,1-2H3,(H,43,44)/b7-5-,13-11-,16-15-,23-18-. The van der Waals surface area contributed by atoms with E-state index in [9.17, 15) is 9.59 Å². The zero-order valence-electron chi connectivity index (χ0n) is 30.4. The number of ether oxygens (including phenoxy) is 1. The molecule has 0 aliphatic heterocycles. The lowest BCUT2D eigenvalue weighted by Gasteiger charge is -2.18. The van der Waals surface area contributed by atoms with Gasteiger partial charge >= 0.3 is 11.9 Å². The average molecular weight is 643 g/mol. The van der Waals surface area contributed by atoms with Crippen LogP contribution in [0.5, 0.6) is 0 Å². The molecule has 0 bridgehead atoms. The molecule has 0 rings (SSSR count). The summed E-state index contributed by atoms with van der Waals surface area (Å²) in [6.07, 6.45) is 49.9. The summed E-state index contributed by atoms with van der Waals surface area (Å²) in [5, 5.41) is 8.73. The van der Waals surface area contributed by atoms with Crippen LogP contribution in [-0.2, 0) is 14.3 Å². The third kappa shape index (κ3) is 36.4. The molecule has 0 aliphatic rings. The van der Waals surface area contributed by atoms with Crippen molar-refractivity contribution in [1.29, 1.82) is 0 Å². The van der Waals surface area contributed by atoms with Crippen LogP contribution < -0.4 is 0 Å². The van der Waals surface area contributed by atoms with Gasteiger partial charge in [-0.1, -0.05) is 159 Å². The normalized spacial score (nSPS) is 12.7. The van der Waals surface area contributed by atoms with Crippen LogP contribution in [0.15, 0.2) is 48.6 Å². The number of allylic oxidation sites excluding steroid dienone is 8. The number of carbonyl (C=O) groups excluding carboxylic acids is 1. The Morgan fingerprint density at radius 2 is 0.913 bits per heavy atom. The van der Waals surface area contributed by atoms with E-state index >= 15 is 0 Å². The fourth-order valence-corrected chi connectivity index (χ4v) is 5.70. The SMILES string of the molecule is CC/C=C\C/C=C\C/C=C\C/C=C\CCCCC(=O)OC(CCCCCCCCCCC)CCCCCCCCCCCC(=O)O. The van der Waals surface area contributed by atoms with Gasteiger partial charge in [-0.3, -0.25) is 9.59 Å². The molecule has 0 aliphatic carbocycles. The summed E-state index contributed by atoms with van der Waals surface area (Å²) in [5.41, 5.74) is 0. The van der Waals surface area contributed by atoms with Crippen LogP contribution in [0.2, 0.25) is 0 Å². The fourth-order valence-electron chi connectivity index (χ4n) is 5.70. The molecule has 4 heteroatoms. The molecule has 0 saturated heterocycles. The maximum atomic E-state index is 12.7. The topological polar surface area (TPSA) is 63.6 Å². The van der Waals surface area contributed by atoms with Gasteiger partial charge in [-0.05, 0) is 77.0 Å². The molecule has 1 unspecified atom stereocenters. The third-order valence-electron chi connectivity index (χ3n) is 8.57. The lowest BCUT2D eigenvalue weighted by Crippen LogP contribution is -2.18. The van der Waals surface area contributed by atoms with E-state index in [0.29, 0.717) is 12.8 Å². The second kappa shape index (κ2) is 37.4. The fraction of sp³-hybridized carbons (Fsp3) is 0.762. The van der Waals surface area contributed by atoms with Crippen molar-refractivity contribution in [2.45, 2.75) is 206 Å². The molecule has 4 nitrogen and oxygen atoms in total. The van der Waals surface area contributed by atoms with Crippen molar-refractivity contribution < 1.29 is 19.4 Å². The molecule has 0 aromatic rings. The first-order valence-electron chi connectivity index (χ1n) is 19.6. The van der Waals surface area contributed by atoms with Crippen LogP contribution in [0.4, 0.5) is 0 Å². The van der Waals surface area contributed by atoms with Crippen molar-refractivity contribution in [3.8, 4) is 0 Å². The number of carboxylic acid groups (broad SMARTS) is 1. The van der Waals surface area contributed by atoms with Gasteiger partial charge in [-0.2, -0.15) is 0 Å². The van der Waals surface area contributed by atoms with Crippen LogP contribution in [-0.4, -0.2) is 23.1 Å². The highest BCUT2D eigenvalue weighted by Gasteiger charge is 2.14. The maximum absolute atomic E-state index is 12.7. The molecule has 0 heterocycles. The van der Waals surface area contributed by atoms with Gasteiger partial charge in [0, 0.05) is 12.8 Å². The van der Waals surface area contributed by atoms with E-state index in [0.717, 1.165) is 83.5 Å². The summed E-state index contributed by atoms with van der Waals surface area (Å²) in [6.45, 7) is 4.43. The Kier molecular flexibility index (Phi) is 35.7. The highest BCUT2D eigenvalue weighted by Crippen LogP contribution is 2.19. The molecule has 266 valence electrons. The van der Waals surface area contributed by atoms with Crippen molar-refractivity contribution in [2.24, 2.45) is 0 Å². The van der Waals surface area contributed by atoms with E-state index in [4.69, 9.17) is 9.84 Å². The minimum Gasteiger partial charge on any atom is -0.481 e. The van der Waals surface area contributed by atoms with Crippen molar-refractivity contribution in [2.75, 3.05) is 0 Å². The molecule has 0 radical (unpaired) electrons. The van der Waals surface area contributed by atoms with E-state index in [2.05, 4.69) is 62.5 Å². The lowest BCUT2D eigenvalue weighted by atomic mass is 10.0. The number of unbranched alkanes of at least 4 members (excludes halogenated alkanes) is 18. The summed E-state index contributed by atoms with van der Waals surface area (Å²) >= 11 is 0. The number of esters is 1. The van der Waals surface area contributed by atoms with Gasteiger partial charge in [0.15, 0.2) is 0 Å². The number of hydrogen-bond acceptors (Lipinski definition) is 3. The number of hydrogen-bond donors (Lipinski definition) is 1. The van der Waals surface area contributed by atoms with Gasteiger partial charge in [0.2, 0.25) is 0 Å². The molecule has 0 aromatic heterocycles. The van der Waals surface area contributed by atoms with E-state index < -0.39 is 5.97 Å². The van der Waals surface area contributed by atoms with Crippen LogP contribution in [0.1, 0.15) is 200 Å². The predicted octanol–water partition coefficient (Wildman–Crippen LogP) is 13.6. The molecule has 0 amide bonds. The summed E-state index contributed by atoms with van der Waals surface area (Å²) in [4.78, 5) is 23.3. The highest BCUT2D eigenvalue weighted by atomic mass is 16.5. The average Bonchev–Trinajstić information content (AvgIpc) is 3.04. The second-order valence-electron chi connectivity index (χ2n) is 13.1. The van der Waals surface area contributed by atoms with Gasteiger partial charge in [-0.25, -0.2) is 0 Å². The zero-order valence-corrected chi connectivity index (χ0v) is 30.4. The maximum Gasteiger partial charge on any atom is 0.306 e. The van der Waals surface area contributed by atoms with E-state index in [-0.39, 0.29) is 12.1 Å². The number of aliphatic carboxylic acids is 1. The summed E-state index contributed by atoms with van der Waals surface area (Å²) in [7, 11) is 0. The van der Waals surface area contributed by atoms with Crippen LogP contribution in [0, 0.1) is 0 Å². The first-order valence-corrected chi connectivity index (χ1v) is 19.6. The Bertz CT molecular complexity index is 779. The van der Waals surface area contributed by atoms with Crippen LogP contribution >= 0.6 is 0 Å². The van der Waals surface area contributed by atoms with Crippen molar-refractivity contribution in [3.63, 3.8) is 0 Å². The zero-order chi connectivity index (χ0) is 33.6. The van der Waals surface area contributed by atoms with Crippen molar-refractivity contribution in [1.82, 2.24) is 0 Å². The van der Waals surface area contributed by atoms with Gasteiger partial charge in [0.1, 0.15) is 6.10 Å². The summed E-state index contributed by atoms with van der Waals surface area (Å²) < 4.78 is 6.02. The quantitative estimate of drug-likeness (QED) is 0.0424. The molecule has 0 spiro atoms. The first-order chi connectivity index (χ1) is 22.6. The van der Waals surface area contributed by atoms with Crippen molar-refractivity contribution >= 4 is 11.9 Å². The van der Waals surface area contributed by atoms with Crippen LogP contribution in [0.25, 0.3) is 0 Å². The molecule has 0 saturated carbocycles. The number of carbonyl (C=O) groups is 2. The lowest BCUT2D eigenvalue weighted by molar-refractivity contribution is -0.150. The first kappa shape index (κ1) is 43.9. The smallest absolute Gasteiger partial charge is 0.306 e. The van der Waals surface area contributed by atoms with Gasteiger partial charge in [0.05, 0.1) is 0 Å². The summed E-state index contributed by atoms with van der Waals surface area (Å²) in [6, 6.07) is 0. The number of rotatable bonds is 35. The van der Waals surface area contributed by atoms with Gasteiger partial charge in [0.25, 0.3) is 0 Å². The molecule has 1 N–H and O–H groups in total. The van der Waals surface area contributed by atoms with E-state index in [1.54, 1.807) is 0 Å². The Balaban J connectivity index is 4.16. The molecule has 0 fully saturated rings. The van der Waals surface area contributed by atoms with E-state index in [1.165, 1.54) is 89.9 Å². The second-order valence-corrected chi connectivity index (χ2v) is 13.1. The van der Waals surface area contributed by atoms with Gasteiger partial charge in [-0.15, -0.1) is 0 Å². The predicted molar refractivity (Wildman–Crippen MR) is 199 cm³/mol. The highest BCUT2D eigenvalue weighted by molar-refractivity contribution is 5.69. The third-order valence-corrected chi connectivity index (χ3v) is 8.57. The van der Waals surface area contributed by atoms with E-state index in [1.807, 2.05) is 0 Å². The molecule has 1 atom stereocenters. The molecular formula is C42H74O4. The largest absolute Gasteiger partial charge is 0.481 e.